The zero-order valence-electron chi connectivity index (χ0n) is 48.7. The highest BCUT2D eigenvalue weighted by Crippen LogP contribution is 2.61. The van der Waals surface area contributed by atoms with Crippen molar-refractivity contribution in [1.29, 1.82) is 0 Å². The van der Waals surface area contributed by atoms with Crippen molar-refractivity contribution < 1.29 is 63.8 Å². The van der Waals surface area contributed by atoms with Crippen LogP contribution >= 0.6 is 35.0 Å². The number of piperidine rings is 2. The summed E-state index contributed by atoms with van der Waals surface area (Å²) < 4.78 is 2.38. The Labute approximate surface area is 529 Å². The molecule has 4 atom stereocenters. The number of pyridine rings is 2. The number of nitrogens with zero attached hydrogens (tertiary/aromatic N) is 3. The van der Waals surface area contributed by atoms with Crippen molar-refractivity contribution in [2.24, 2.45) is 17.8 Å². The number of aromatic nitrogens is 3. The molecule has 444 valence electrons. The van der Waals surface area contributed by atoms with Gasteiger partial charge in [-0.3, -0.25) is 4.98 Å². The third-order valence-electron chi connectivity index (χ3n) is 19.2. The van der Waals surface area contributed by atoms with E-state index in [9.17, 15) is 10.2 Å². The molecule has 9 N–H and O–H groups in total. The average Bonchev–Trinajstić information content (AvgIpc) is 3.09. The van der Waals surface area contributed by atoms with E-state index in [1.165, 1.54) is 102 Å². The number of benzene rings is 6. The zero-order valence-corrected chi connectivity index (χ0v) is 53.3. The molecule has 0 unspecified atom stereocenters. The Balaban J connectivity index is 0.000000150. The molecule has 0 spiro atoms. The number of fused-ring (bicyclic) bond motifs is 5. The third-order valence-corrected chi connectivity index (χ3v) is 20.6. The highest BCUT2D eigenvalue weighted by Gasteiger charge is 2.52. The number of halogens is 5. The van der Waals surface area contributed by atoms with E-state index < -0.39 is 12.2 Å². The van der Waals surface area contributed by atoms with Crippen molar-refractivity contribution in [2.75, 3.05) is 25.9 Å². The molecule has 15 rings (SSSR count). The molecule has 3 aromatic heterocycles. The van der Waals surface area contributed by atoms with Gasteiger partial charge in [-0.2, -0.15) is 0 Å². The van der Waals surface area contributed by atoms with Gasteiger partial charge in [0.05, 0.1) is 41.4 Å². The Morgan fingerprint density at radius 1 is 0.643 bits per heavy atom. The number of aliphatic hydroxyl groups excluding tert-OH is 2. The van der Waals surface area contributed by atoms with Gasteiger partial charge in [0, 0.05) is 85.2 Å². The van der Waals surface area contributed by atoms with Crippen LogP contribution in [0, 0.1) is 31.6 Å². The molecule has 2 saturated heterocycles. The van der Waals surface area contributed by atoms with Crippen molar-refractivity contribution in [3.63, 3.8) is 0 Å². The highest BCUT2D eigenvalue weighted by molar-refractivity contribution is 7.98. The second kappa shape index (κ2) is 28.1. The topological polar surface area (TPSA) is 132 Å². The smallest absolute Gasteiger partial charge is 0.131 e. The quantitative estimate of drug-likeness (QED) is 0.0981. The van der Waals surface area contributed by atoms with Crippen LogP contribution in [0.25, 0.3) is 54.7 Å². The Morgan fingerprint density at radius 2 is 1.27 bits per heavy atom. The molecule has 14 heteroatoms. The van der Waals surface area contributed by atoms with Gasteiger partial charge < -0.3 is 68.4 Å². The van der Waals surface area contributed by atoms with Crippen molar-refractivity contribution in [1.82, 2.24) is 14.5 Å². The summed E-state index contributed by atoms with van der Waals surface area (Å²) in [6, 6.07) is 46.8. The number of hydrogen-bond donors (Lipinski definition) is 5. The molecule has 4 bridgehead atoms. The fourth-order valence-corrected chi connectivity index (χ4v) is 16.5. The summed E-state index contributed by atoms with van der Waals surface area (Å²) in [6.45, 7) is 8.22. The number of thioether (sulfide) groups is 1. The normalized spacial score (nSPS) is 22.2. The predicted molar refractivity (Wildman–Crippen MR) is 335 cm³/mol. The molecule has 6 aliphatic rings. The minimum Gasteiger partial charge on any atom is -1.00 e. The number of hydrogen-bond acceptors (Lipinski definition) is 5. The van der Waals surface area contributed by atoms with Gasteiger partial charge in [-0.15, -0.1) is 11.8 Å². The van der Waals surface area contributed by atoms with E-state index >= 15 is 0 Å². The summed E-state index contributed by atoms with van der Waals surface area (Å²) in [5.41, 5.74) is 17.7. The van der Waals surface area contributed by atoms with Crippen LogP contribution in [0.5, 0.6) is 0 Å². The van der Waals surface area contributed by atoms with E-state index in [-0.39, 0.29) is 54.7 Å². The second-order valence-electron chi connectivity index (χ2n) is 24.6. The first kappa shape index (κ1) is 64.0. The van der Waals surface area contributed by atoms with Crippen LogP contribution in [0.3, 0.4) is 0 Å². The lowest BCUT2D eigenvalue weighted by atomic mass is 9.48. The first-order valence-electron chi connectivity index (χ1n) is 30.2. The van der Waals surface area contributed by atoms with Gasteiger partial charge in [0.15, 0.2) is 0 Å². The van der Waals surface area contributed by atoms with Crippen LogP contribution in [0.15, 0.2) is 138 Å². The fraction of sp³-hybridized carbons (Fsp3) is 0.400. The van der Waals surface area contributed by atoms with Crippen LogP contribution in [-0.2, 0) is 18.4 Å². The molecular weight excluding hydrogens is 1170 g/mol. The van der Waals surface area contributed by atoms with Crippen LogP contribution in [0.1, 0.15) is 128 Å². The van der Waals surface area contributed by atoms with Crippen molar-refractivity contribution in [3.8, 4) is 11.3 Å². The standard InChI is InChI=1S/C26H33ClN2O.C25H24N2O.C19H21ClN2S.3ClH/c1-15-6-19-20(25(30)22-4-2-3-5-28-22)11-23(29-24(19)21(27)7-15)26-12-16-8-17(13-26)10-18(9-16)14-26;28-25(22-12-6-7-15-26-22)21-16-23(18-9-2-1-3-10-18)27-24-19-11-5-4-8-17(19)13-14-20(21)24;1-13-16(9-10-21)17-11-15(23-2)7-8-19(17)22(13)12-14-5-3-4-6-18(14)20;;;/h6-7,11,16-18,22,25,28,30H,2-5,8-10,12-14H2,1H3;1-5,8-11,13-14,16,22,25-26,28H,6-7,12,15H2;3-8,11H,9-10,12,21H2,1-2H3;3*1H/t16?,17?,18?,22-,25+,26?;22-,25+;;;;/m11..../s1. The summed E-state index contributed by atoms with van der Waals surface area (Å²) in [7, 11) is 0. The molecule has 4 aliphatic carbocycles. The lowest BCUT2D eigenvalue weighted by Gasteiger charge is -2.56. The molecule has 6 fully saturated rings. The molecule has 4 saturated carbocycles. The van der Waals surface area contributed by atoms with Gasteiger partial charge in [0.1, 0.15) is 24.3 Å². The first-order valence-corrected chi connectivity index (χ1v) is 32.2. The summed E-state index contributed by atoms with van der Waals surface area (Å²) in [4.78, 5) is 11.6. The molecule has 9 aromatic rings. The van der Waals surface area contributed by atoms with Gasteiger partial charge in [-0.05, 0) is 184 Å². The number of aryl methyl sites for hydroxylation is 1. The van der Waals surface area contributed by atoms with Crippen LogP contribution in [0.4, 0.5) is 0 Å². The van der Waals surface area contributed by atoms with Gasteiger partial charge in [0.25, 0.3) is 0 Å². The van der Waals surface area contributed by atoms with Crippen molar-refractivity contribution in [2.45, 2.75) is 138 Å². The summed E-state index contributed by atoms with van der Waals surface area (Å²) in [6.07, 6.45) is 17.3. The van der Waals surface area contributed by atoms with Gasteiger partial charge in [-0.1, -0.05) is 108 Å². The Kier molecular flexibility index (Phi) is 21.4. The summed E-state index contributed by atoms with van der Waals surface area (Å²) >= 11 is 14.9. The summed E-state index contributed by atoms with van der Waals surface area (Å²) in [5.74, 6) is 2.63. The van der Waals surface area contributed by atoms with Crippen LogP contribution in [0.2, 0.25) is 10.0 Å². The van der Waals surface area contributed by atoms with Crippen LogP contribution < -0.4 is 53.6 Å². The molecular formula is C70H81Cl5N6O2S. The summed E-state index contributed by atoms with van der Waals surface area (Å²) in [5, 5.41) is 34.9. The largest absolute Gasteiger partial charge is 1.00 e. The van der Waals surface area contributed by atoms with Crippen molar-refractivity contribution in [3.05, 3.63) is 183 Å². The maximum absolute atomic E-state index is 11.5. The third kappa shape index (κ3) is 13.2. The molecule has 6 aromatic carbocycles. The highest BCUT2D eigenvalue weighted by atomic mass is 35.5. The van der Waals surface area contributed by atoms with E-state index in [1.54, 1.807) is 11.8 Å². The maximum Gasteiger partial charge on any atom is 0.131 e. The minimum atomic E-state index is -0.491. The van der Waals surface area contributed by atoms with E-state index in [1.807, 2.05) is 42.5 Å². The van der Waals surface area contributed by atoms with E-state index in [0.29, 0.717) is 0 Å². The zero-order chi connectivity index (χ0) is 55.8. The molecule has 2 aliphatic heterocycles. The Morgan fingerprint density at radius 3 is 1.90 bits per heavy atom. The fourth-order valence-electron chi connectivity index (χ4n) is 15.5. The molecule has 84 heavy (non-hydrogen) atoms. The Bertz CT molecular complexity index is 3680. The van der Waals surface area contributed by atoms with Crippen molar-refractivity contribution >= 4 is 78.4 Å². The predicted octanol–water partition coefficient (Wildman–Crippen LogP) is 4.19. The van der Waals surface area contributed by atoms with Gasteiger partial charge in [0.2, 0.25) is 0 Å². The molecule has 0 amide bonds. The SMILES string of the molecule is CSc1ccc2c(c1)c(CC[NH3+])c(C)n2Cc1ccccc1Cl.Cc1cc(Cl)c2nc(C34CC5CC(CC(C5)C3)C4)cc([C@H](O)[C@H]3CCCC[NH2+]3)c2c1.O[C@@H](c1cc(-c2ccccc2)nc2c1ccc1ccccc12)[C@H]1CCCC[NH2+]1.[Cl-].[Cl-].[Cl-]. The van der Waals surface area contributed by atoms with E-state index in [2.05, 4.69) is 132 Å². The second-order valence-corrected chi connectivity index (χ2v) is 26.3. The number of aliphatic hydroxyl groups is 2. The number of nitrogens with two attached hydrogens (primary N) is 2. The molecule has 8 nitrogen and oxygen atoms in total. The first-order chi connectivity index (χ1) is 39.5. The number of quaternary nitrogens is 3. The van der Waals surface area contributed by atoms with E-state index in [4.69, 9.17) is 33.2 Å². The lowest BCUT2D eigenvalue weighted by Crippen LogP contribution is -3.00. The Hall–Kier alpha value is -4.46. The monoisotopic (exact) mass is 1240 g/mol. The van der Waals surface area contributed by atoms with Gasteiger partial charge >= 0.3 is 0 Å². The van der Waals surface area contributed by atoms with Crippen LogP contribution in [-0.4, -0.2) is 62.7 Å². The average molecular weight is 1250 g/mol. The van der Waals surface area contributed by atoms with Gasteiger partial charge in [-0.25, -0.2) is 4.98 Å². The molecule has 5 heterocycles. The maximum atomic E-state index is 11.5. The molecule has 0 radical (unpaired) electrons. The lowest BCUT2D eigenvalue weighted by molar-refractivity contribution is -0.705. The number of rotatable bonds is 11. The van der Waals surface area contributed by atoms with E-state index in [0.717, 1.165) is 134 Å². The minimum absolute atomic E-state index is 0.